The van der Waals surface area contributed by atoms with Crippen LogP contribution >= 0.6 is 0 Å². The van der Waals surface area contributed by atoms with Crippen LogP contribution in [-0.4, -0.2) is 26.3 Å². The first-order valence-corrected chi connectivity index (χ1v) is 12.7. The van der Waals surface area contributed by atoms with Gasteiger partial charge in [0.1, 0.15) is 23.9 Å². The lowest BCUT2D eigenvalue weighted by Gasteiger charge is -2.22. The maximum absolute atomic E-state index is 14.1. The van der Waals surface area contributed by atoms with Crippen molar-refractivity contribution in [3.05, 3.63) is 130 Å². The molecule has 5 rings (SSSR count). The van der Waals surface area contributed by atoms with Gasteiger partial charge < -0.3 is 11.1 Å². The minimum absolute atomic E-state index is 0.0122. The summed E-state index contributed by atoms with van der Waals surface area (Å²) in [5, 5.41) is 3.74. The smallest absolute Gasteiger partial charge is 0.267 e. The van der Waals surface area contributed by atoms with Crippen LogP contribution in [0.1, 0.15) is 33.4 Å². The monoisotopic (exact) mass is 553 g/mol. The first kappa shape index (κ1) is 27.3. The number of aromatic nitrogens is 3. The number of nitrogens with two attached hydrogens (primary N) is 1. The number of hydrogen-bond acceptors (Lipinski definition) is 5. The number of carbonyl (C=O) groups is 2. The summed E-state index contributed by atoms with van der Waals surface area (Å²) in [6, 6.07) is 17.6. The van der Waals surface area contributed by atoms with Crippen molar-refractivity contribution < 1.29 is 18.4 Å². The molecular weight excluding hydrogens is 528 g/mol. The van der Waals surface area contributed by atoms with Crippen LogP contribution in [0.5, 0.6) is 0 Å². The van der Waals surface area contributed by atoms with Crippen molar-refractivity contribution in [3.8, 4) is 11.1 Å². The fraction of sp³-hybridized carbons (Fsp3) is 0.129. The number of nitrogens with zero attached hydrogens (tertiary/aromatic N) is 3. The Kier molecular flexibility index (Phi) is 7.64. The second-order valence-electron chi connectivity index (χ2n) is 9.60. The highest BCUT2D eigenvalue weighted by Gasteiger charge is 2.23. The van der Waals surface area contributed by atoms with Gasteiger partial charge >= 0.3 is 0 Å². The molecule has 0 bridgehead atoms. The van der Waals surface area contributed by atoms with E-state index in [-0.39, 0.29) is 29.8 Å². The van der Waals surface area contributed by atoms with E-state index in [1.165, 1.54) is 41.2 Å². The number of primary amides is 1. The van der Waals surface area contributed by atoms with Gasteiger partial charge in [-0.1, -0.05) is 24.3 Å². The fourth-order valence-electron chi connectivity index (χ4n) is 4.90. The number of pyridine rings is 3. The lowest BCUT2D eigenvalue weighted by Crippen LogP contribution is -2.36. The molecule has 5 aromatic rings. The highest BCUT2D eigenvalue weighted by Crippen LogP contribution is 2.29. The average molecular weight is 554 g/mol. The molecule has 10 heteroatoms. The van der Waals surface area contributed by atoms with E-state index >= 15 is 0 Å². The zero-order chi connectivity index (χ0) is 29.1. The minimum atomic E-state index is -0.863. The maximum atomic E-state index is 14.1. The molecule has 0 aliphatic rings. The molecule has 2 aromatic carbocycles. The molecular formula is C31H25F2N5O3. The molecule has 0 unspecified atom stereocenters. The third-order valence-corrected chi connectivity index (χ3v) is 6.72. The SMILES string of the molecule is Cc1cc(=O)n(CC(=O)N[C@@H](Cc2cc(F)cc(F)c2)c2ncccc2-c2ccnc(C(N)=O)c2)c2ccccc12. The molecule has 0 saturated heterocycles. The molecule has 3 aromatic heterocycles. The molecule has 0 aliphatic heterocycles. The molecule has 8 nitrogen and oxygen atoms in total. The summed E-state index contributed by atoms with van der Waals surface area (Å²) >= 11 is 0. The molecule has 0 radical (unpaired) electrons. The van der Waals surface area contributed by atoms with Crippen molar-refractivity contribution in [2.24, 2.45) is 5.73 Å². The fourth-order valence-corrected chi connectivity index (χ4v) is 4.90. The Labute approximate surface area is 233 Å². The summed E-state index contributed by atoms with van der Waals surface area (Å²) in [5.74, 6) is -2.74. The number of hydrogen-bond donors (Lipinski definition) is 2. The van der Waals surface area contributed by atoms with E-state index in [1.807, 2.05) is 19.1 Å². The van der Waals surface area contributed by atoms with Crippen molar-refractivity contribution in [2.75, 3.05) is 0 Å². The highest BCUT2D eigenvalue weighted by molar-refractivity contribution is 5.92. The van der Waals surface area contributed by atoms with Crippen LogP contribution in [0.15, 0.2) is 90.0 Å². The van der Waals surface area contributed by atoms with E-state index in [2.05, 4.69) is 15.3 Å². The van der Waals surface area contributed by atoms with Gasteiger partial charge in [-0.05, 0) is 66.4 Å². The van der Waals surface area contributed by atoms with Crippen molar-refractivity contribution in [2.45, 2.75) is 25.9 Å². The third-order valence-electron chi connectivity index (χ3n) is 6.72. The van der Waals surface area contributed by atoms with Gasteiger partial charge in [0.15, 0.2) is 0 Å². The molecule has 0 fully saturated rings. The summed E-state index contributed by atoms with van der Waals surface area (Å²) in [6.45, 7) is 1.53. The Balaban J connectivity index is 1.55. The number of rotatable bonds is 8. The summed E-state index contributed by atoms with van der Waals surface area (Å²) < 4.78 is 29.6. The zero-order valence-electron chi connectivity index (χ0n) is 22.0. The molecule has 2 amide bonds. The quantitative estimate of drug-likeness (QED) is 0.298. The van der Waals surface area contributed by atoms with Crippen molar-refractivity contribution in [1.29, 1.82) is 0 Å². The van der Waals surface area contributed by atoms with Gasteiger partial charge in [0, 0.05) is 35.5 Å². The summed E-state index contributed by atoms with van der Waals surface area (Å²) in [5.41, 5.74) is 8.29. The summed E-state index contributed by atoms with van der Waals surface area (Å²) in [6.07, 6.45) is 2.94. The van der Waals surface area contributed by atoms with E-state index < -0.39 is 29.5 Å². The zero-order valence-corrected chi connectivity index (χ0v) is 22.0. The highest BCUT2D eigenvalue weighted by atomic mass is 19.1. The van der Waals surface area contributed by atoms with E-state index in [1.54, 1.807) is 30.3 Å². The molecule has 3 N–H and O–H groups in total. The Morgan fingerprint density at radius 3 is 2.46 bits per heavy atom. The molecule has 206 valence electrons. The second kappa shape index (κ2) is 11.5. The number of carbonyl (C=O) groups excluding carboxylic acids is 2. The van der Waals surface area contributed by atoms with Crippen LogP contribution in [0.2, 0.25) is 0 Å². The van der Waals surface area contributed by atoms with E-state index in [0.717, 1.165) is 17.0 Å². The standard InChI is InChI=1S/C31H25F2N5O3/c1-18-11-29(40)38(27-7-3-2-5-23(18)27)17-28(39)37-25(14-19-12-21(32)16-22(33)13-19)30-24(6-4-9-36-30)20-8-10-35-26(15-20)31(34)41/h2-13,15-16,25H,14,17H2,1H3,(H2,34,41)(H,37,39)/t25-/m0/s1. The first-order valence-electron chi connectivity index (χ1n) is 12.7. The lowest BCUT2D eigenvalue weighted by atomic mass is 9.95. The topological polar surface area (TPSA) is 120 Å². The third kappa shape index (κ3) is 6.01. The Morgan fingerprint density at radius 2 is 1.71 bits per heavy atom. The van der Waals surface area contributed by atoms with Gasteiger partial charge in [0.2, 0.25) is 5.91 Å². The van der Waals surface area contributed by atoms with Gasteiger partial charge in [-0.3, -0.25) is 28.9 Å². The number of fused-ring (bicyclic) bond motifs is 1. The minimum Gasteiger partial charge on any atom is -0.364 e. The van der Waals surface area contributed by atoms with Crippen LogP contribution < -0.4 is 16.6 Å². The van der Waals surface area contributed by atoms with Crippen LogP contribution in [0, 0.1) is 18.6 Å². The normalized spacial score (nSPS) is 11.8. The molecule has 0 aliphatic carbocycles. The van der Waals surface area contributed by atoms with E-state index in [9.17, 15) is 23.2 Å². The summed E-state index contributed by atoms with van der Waals surface area (Å²) in [4.78, 5) is 46.6. The van der Waals surface area contributed by atoms with Crippen molar-refractivity contribution in [3.63, 3.8) is 0 Å². The lowest BCUT2D eigenvalue weighted by molar-refractivity contribution is -0.122. The number of amides is 2. The average Bonchev–Trinajstić information content (AvgIpc) is 2.94. The number of halogens is 2. The molecule has 0 spiro atoms. The van der Waals surface area contributed by atoms with E-state index in [4.69, 9.17) is 5.73 Å². The van der Waals surface area contributed by atoms with Crippen LogP contribution in [-0.2, 0) is 17.8 Å². The number of benzene rings is 2. The van der Waals surface area contributed by atoms with Crippen molar-refractivity contribution >= 4 is 22.7 Å². The second-order valence-corrected chi connectivity index (χ2v) is 9.60. The maximum Gasteiger partial charge on any atom is 0.267 e. The van der Waals surface area contributed by atoms with Gasteiger partial charge in [-0.2, -0.15) is 0 Å². The van der Waals surface area contributed by atoms with Gasteiger partial charge in [-0.15, -0.1) is 0 Å². The Bertz CT molecular complexity index is 1830. The number of nitrogens with one attached hydrogen (secondary N) is 1. The van der Waals surface area contributed by atoms with Crippen LogP contribution in [0.3, 0.4) is 0 Å². The van der Waals surface area contributed by atoms with Crippen molar-refractivity contribution in [1.82, 2.24) is 19.9 Å². The Hall–Kier alpha value is -5.25. The van der Waals surface area contributed by atoms with E-state index in [0.29, 0.717) is 22.3 Å². The van der Waals surface area contributed by atoms with Crippen LogP contribution in [0.25, 0.3) is 22.0 Å². The predicted octanol–water partition coefficient (Wildman–Crippen LogP) is 4.24. The number of para-hydroxylation sites is 1. The number of aryl methyl sites for hydroxylation is 1. The molecule has 1 atom stereocenters. The molecule has 0 saturated carbocycles. The Morgan fingerprint density at radius 1 is 0.951 bits per heavy atom. The molecule has 3 heterocycles. The summed E-state index contributed by atoms with van der Waals surface area (Å²) in [7, 11) is 0. The molecule has 41 heavy (non-hydrogen) atoms. The van der Waals surface area contributed by atoms with Gasteiger partial charge in [-0.25, -0.2) is 8.78 Å². The predicted molar refractivity (Wildman–Crippen MR) is 150 cm³/mol. The largest absolute Gasteiger partial charge is 0.364 e. The van der Waals surface area contributed by atoms with Crippen LogP contribution in [0.4, 0.5) is 8.78 Å². The van der Waals surface area contributed by atoms with Gasteiger partial charge in [0.25, 0.3) is 11.5 Å². The van der Waals surface area contributed by atoms with Gasteiger partial charge in [0.05, 0.1) is 17.3 Å². The first-order chi connectivity index (χ1) is 19.7.